The first kappa shape index (κ1) is 27.8. The van der Waals surface area contributed by atoms with Gasteiger partial charge in [-0.1, -0.05) is 111 Å². The summed E-state index contributed by atoms with van der Waals surface area (Å²) in [4.78, 5) is 28.7. The van der Waals surface area contributed by atoms with E-state index in [1.54, 1.807) is 0 Å². The molecule has 204 valence electrons. The summed E-state index contributed by atoms with van der Waals surface area (Å²) in [5.41, 5.74) is 4.46. The van der Waals surface area contributed by atoms with Crippen LogP contribution in [-0.4, -0.2) is 23.2 Å². The predicted octanol–water partition coefficient (Wildman–Crippen LogP) is 6.16. The second-order valence-electron chi connectivity index (χ2n) is 11.5. The second kappa shape index (κ2) is 11.0. The van der Waals surface area contributed by atoms with Crippen LogP contribution in [0.25, 0.3) is 21.9 Å². The van der Waals surface area contributed by atoms with Crippen LogP contribution in [0.15, 0.2) is 108 Å². The molecule has 5 aromatic rings. The monoisotopic (exact) mass is 547 g/mol. The molecule has 0 spiro atoms. The third-order valence-corrected chi connectivity index (χ3v) is 13.0. The molecule has 0 bridgehead atoms. The lowest BCUT2D eigenvalue weighted by Gasteiger charge is -2.41. The number of pyridine rings is 1. The average molecular weight is 548 g/mol. The lowest BCUT2D eigenvalue weighted by Crippen LogP contribution is -2.65. The number of aliphatic hydroxyl groups excluding tert-OH is 1. The van der Waals surface area contributed by atoms with Crippen LogP contribution >= 0.6 is 0 Å². The standard InChI is InChI=1S/C35H37NO3Si/c1-24-19-20-26(23-25(24)2)32-29-17-11-12-18-30(29)34(38)36-33(32)31(37)21-22-35(3,4)40(39,27-13-7-5-8-14-27)28-15-9-6-10-16-28/h5-20,23,31,37,39H,21-22H2,1-4H3,(H,36,38)/t31-/m1/s1. The third kappa shape index (κ3) is 4.97. The number of fused-ring (bicyclic) bond motifs is 1. The molecule has 4 nitrogen and oxygen atoms in total. The van der Waals surface area contributed by atoms with Crippen LogP contribution in [0.4, 0.5) is 0 Å². The first-order valence-electron chi connectivity index (χ1n) is 13.9. The van der Waals surface area contributed by atoms with E-state index in [4.69, 9.17) is 0 Å². The summed E-state index contributed by atoms with van der Waals surface area (Å²) in [6, 6.07) is 33.7. The number of hydrogen-bond donors (Lipinski definition) is 3. The molecule has 5 rings (SSSR count). The molecule has 0 aliphatic carbocycles. The molecule has 0 saturated carbocycles. The second-order valence-corrected chi connectivity index (χ2v) is 15.4. The van der Waals surface area contributed by atoms with Crippen LogP contribution in [-0.2, 0) is 0 Å². The molecule has 4 aromatic carbocycles. The first-order valence-corrected chi connectivity index (χ1v) is 15.8. The van der Waals surface area contributed by atoms with Gasteiger partial charge >= 0.3 is 0 Å². The maximum atomic E-state index is 13.1. The first-order chi connectivity index (χ1) is 19.1. The number of hydrogen-bond acceptors (Lipinski definition) is 3. The fourth-order valence-electron chi connectivity index (χ4n) is 5.88. The number of rotatable bonds is 8. The molecule has 3 N–H and O–H groups in total. The fraction of sp³-hybridized carbons (Fsp3) is 0.229. The molecule has 0 amide bonds. The van der Waals surface area contributed by atoms with Crippen molar-refractivity contribution >= 4 is 29.5 Å². The summed E-state index contributed by atoms with van der Waals surface area (Å²) in [5.74, 6) is 0. The van der Waals surface area contributed by atoms with Gasteiger partial charge in [0.05, 0.1) is 11.8 Å². The van der Waals surface area contributed by atoms with E-state index in [-0.39, 0.29) is 5.56 Å². The molecule has 40 heavy (non-hydrogen) atoms. The summed E-state index contributed by atoms with van der Waals surface area (Å²) < 4.78 is 0. The Morgan fingerprint density at radius 1 is 0.775 bits per heavy atom. The highest BCUT2D eigenvalue weighted by molar-refractivity contribution is 6.98. The molecular weight excluding hydrogens is 510 g/mol. The molecule has 1 atom stereocenters. The lowest BCUT2D eigenvalue weighted by atomic mass is 9.91. The number of benzene rings is 4. The minimum atomic E-state index is -3.23. The Balaban J connectivity index is 1.56. The minimum absolute atomic E-state index is 0.212. The zero-order valence-corrected chi connectivity index (χ0v) is 24.6. The zero-order chi connectivity index (χ0) is 28.5. The highest BCUT2D eigenvalue weighted by Crippen LogP contribution is 2.43. The number of aromatic amines is 1. The van der Waals surface area contributed by atoms with Gasteiger partial charge in [0.2, 0.25) is 0 Å². The van der Waals surface area contributed by atoms with Crippen LogP contribution in [0.5, 0.6) is 0 Å². The van der Waals surface area contributed by atoms with Crippen molar-refractivity contribution in [1.29, 1.82) is 0 Å². The van der Waals surface area contributed by atoms with Gasteiger partial charge in [-0.25, -0.2) is 0 Å². The summed E-state index contributed by atoms with van der Waals surface area (Å²) >= 11 is 0. The lowest BCUT2D eigenvalue weighted by molar-refractivity contribution is 0.155. The molecule has 1 heterocycles. The van der Waals surface area contributed by atoms with Gasteiger partial charge in [0.15, 0.2) is 0 Å². The summed E-state index contributed by atoms with van der Waals surface area (Å²) in [6.07, 6.45) is 0.0219. The molecular formula is C35H37NO3Si. The van der Waals surface area contributed by atoms with E-state index in [2.05, 4.69) is 50.9 Å². The molecule has 1 aromatic heterocycles. The zero-order valence-electron chi connectivity index (χ0n) is 23.6. The van der Waals surface area contributed by atoms with Gasteiger partial charge in [-0.3, -0.25) is 4.79 Å². The smallest absolute Gasteiger partial charge is 0.258 e. The largest absolute Gasteiger partial charge is 0.424 e. The Labute approximate surface area is 237 Å². The molecule has 0 saturated heterocycles. The van der Waals surface area contributed by atoms with Gasteiger partial charge in [0, 0.05) is 10.9 Å². The van der Waals surface area contributed by atoms with E-state index in [0.29, 0.717) is 23.9 Å². The van der Waals surface area contributed by atoms with E-state index < -0.39 is 19.5 Å². The predicted molar refractivity (Wildman–Crippen MR) is 168 cm³/mol. The van der Waals surface area contributed by atoms with Gasteiger partial charge in [-0.2, -0.15) is 0 Å². The number of aryl methyl sites for hydroxylation is 2. The van der Waals surface area contributed by atoms with Crippen LogP contribution in [0.1, 0.15) is 49.6 Å². The van der Waals surface area contributed by atoms with Crippen molar-refractivity contribution in [2.45, 2.75) is 51.7 Å². The van der Waals surface area contributed by atoms with E-state index in [0.717, 1.165) is 32.5 Å². The van der Waals surface area contributed by atoms with Crippen molar-refractivity contribution in [2.75, 3.05) is 0 Å². The van der Waals surface area contributed by atoms with Crippen LogP contribution in [0.2, 0.25) is 5.04 Å². The van der Waals surface area contributed by atoms with Crippen molar-refractivity contribution in [3.8, 4) is 11.1 Å². The SMILES string of the molecule is Cc1ccc(-c2c([C@H](O)CCC(C)(C)[Si](O)(c3ccccc3)c3ccccc3)[nH]c(=O)c3ccccc23)cc1C. The van der Waals surface area contributed by atoms with Gasteiger partial charge in [0.1, 0.15) is 0 Å². The maximum absolute atomic E-state index is 13.1. The topological polar surface area (TPSA) is 73.3 Å². The van der Waals surface area contributed by atoms with Gasteiger partial charge < -0.3 is 14.9 Å². The molecule has 0 aliphatic heterocycles. The van der Waals surface area contributed by atoms with E-state index in [1.165, 1.54) is 5.56 Å². The number of H-pyrrole nitrogens is 1. The Hall–Kier alpha value is -3.77. The number of nitrogens with one attached hydrogen (secondary N) is 1. The van der Waals surface area contributed by atoms with E-state index >= 15 is 0 Å². The highest BCUT2D eigenvalue weighted by Gasteiger charge is 2.49. The van der Waals surface area contributed by atoms with Crippen molar-refractivity contribution in [3.05, 3.63) is 130 Å². The Kier molecular flexibility index (Phi) is 7.65. The van der Waals surface area contributed by atoms with E-state index in [1.807, 2.05) is 84.9 Å². The van der Waals surface area contributed by atoms with Crippen LogP contribution in [0, 0.1) is 13.8 Å². The van der Waals surface area contributed by atoms with Crippen LogP contribution < -0.4 is 15.9 Å². The Bertz CT molecular complexity index is 1650. The van der Waals surface area contributed by atoms with Crippen molar-refractivity contribution in [3.63, 3.8) is 0 Å². The summed E-state index contributed by atoms with van der Waals surface area (Å²) in [6.45, 7) is 8.34. The molecule has 0 radical (unpaired) electrons. The van der Waals surface area contributed by atoms with Gasteiger partial charge in [-0.05, 0) is 70.2 Å². The quantitative estimate of drug-likeness (QED) is 0.204. The Morgan fingerprint density at radius 2 is 1.32 bits per heavy atom. The van der Waals surface area contributed by atoms with Crippen molar-refractivity contribution < 1.29 is 9.90 Å². The fourth-order valence-corrected chi connectivity index (χ4v) is 9.64. The summed E-state index contributed by atoms with van der Waals surface area (Å²) in [5, 5.41) is 14.5. The van der Waals surface area contributed by atoms with Gasteiger partial charge in [0.25, 0.3) is 13.9 Å². The maximum Gasteiger partial charge on any atom is 0.258 e. The summed E-state index contributed by atoms with van der Waals surface area (Å²) in [7, 11) is -3.23. The molecule has 0 fully saturated rings. The number of aliphatic hydroxyl groups is 1. The molecule has 5 heteroatoms. The van der Waals surface area contributed by atoms with Gasteiger partial charge in [-0.15, -0.1) is 0 Å². The number of aromatic nitrogens is 1. The average Bonchev–Trinajstić information content (AvgIpc) is 2.98. The Morgan fingerprint density at radius 3 is 1.90 bits per heavy atom. The van der Waals surface area contributed by atoms with Crippen LogP contribution in [0.3, 0.4) is 0 Å². The molecule has 0 unspecified atom stereocenters. The molecule has 0 aliphatic rings. The van der Waals surface area contributed by atoms with Crippen molar-refractivity contribution in [2.24, 2.45) is 0 Å². The minimum Gasteiger partial charge on any atom is -0.424 e. The van der Waals surface area contributed by atoms with E-state index in [9.17, 15) is 14.7 Å². The highest BCUT2D eigenvalue weighted by atomic mass is 28.4. The van der Waals surface area contributed by atoms with Crippen molar-refractivity contribution in [1.82, 2.24) is 4.98 Å². The normalized spacial score (nSPS) is 12.9. The third-order valence-electron chi connectivity index (χ3n) is 8.49.